The van der Waals surface area contributed by atoms with Crippen molar-refractivity contribution in [1.82, 2.24) is 5.32 Å². The third-order valence-electron chi connectivity index (χ3n) is 2.69. The van der Waals surface area contributed by atoms with Crippen LogP contribution in [0.15, 0.2) is 12.2 Å². The molecule has 0 radical (unpaired) electrons. The van der Waals surface area contributed by atoms with Crippen LogP contribution in [0.2, 0.25) is 0 Å². The van der Waals surface area contributed by atoms with Crippen molar-refractivity contribution in [1.29, 1.82) is 0 Å². The van der Waals surface area contributed by atoms with Gasteiger partial charge in [-0.2, -0.15) is 0 Å². The topological polar surface area (TPSA) is 12.0 Å². The lowest BCUT2D eigenvalue weighted by Crippen LogP contribution is -2.31. The number of nitrogens with one attached hydrogen (secondary N) is 1. The van der Waals surface area contributed by atoms with E-state index in [1.807, 2.05) is 0 Å². The summed E-state index contributed by atoms with van der Waals surface area (Å²) in [5, 5.41) is 3.63. The maximum absolute atomic E-state index is 4.18. The van der Waals surface area contributed by atoms with Crippen molar-refractivity contribution in [2.45, 2.75) is 45.2 Å². The maximum Gasteiger partial charge on any atom is 0.0280 e. The van der Waals surface area contributed by atoms with E-state index >= 15 is 0 Å². The van der Waals surface area contributed by atoms with E-state index in [4.69, 9.17) is 0 Å². The average Bonchev–Trinajstić information content (AvgIpc) is 2.50. The molecule has 1 nitrogen and oxygen atoms in total. The fraction of sp³-hybridized carbons (Fsp3) is 0.818. The van der Waals surface area contributed by atoms with Gasteiger partial charge in [0.25, 0.3) is 0 Å². The van der Waals surface area contributed by atoms with E-state index in [0.717, 1.165) is 5.92 Å². The zero-order valence-corrected chi connectivity index (χ0v) is 10.00. The van der Waals surface area contributed by atoms with Crippen LogP contribution in [-0.4, -0.2) is 18.2 Å². The molecule has 76 valence electrons. The van der Waals surface area contributed by atoms with Crippen LogP contribution in [0.1, 0.15) is 33.1 Å². The maximum atomic E-state index is 4.18. The molecule has 1 aliphatic heterocycles. The second kappa shape index (κ2) is 5.12. The molecule has 13 heavy (non-hydrogen) atoms. The molecule has 0 spiro atoms. The molecule has 0 amide bonds. The predicted molar refractivity (Wildman–Crippen MR) is 63.1 cm³/mol. The molecule has 0 aliphatic carbocycles. The van der Waals surface area contributed by atoms with Crippen LogP contribution in [0, 0.1) is 5.92 Å². The Kier molecular flexibility index (Phi) is 4.41. The van der Waals surface area contributed by atoms with Crippen LogP contribution < -0.4 is 5.32 Å². The molecule has 0 saturated carbocycles. The first-order chi connectivity index (χ1) is 6.13. The first kappa shape index (κ1) is 11.2. The minimum absolute atomic E-state index is 0.591. The lowest BCUT2D eigenvalue weighted by atomic mass is 9.97. The smallest absolute Gasteiger partial charge is 0.0280 e. The lowest BCUT2D eigenvalue weighted by molar-refractivity contribution is 0.558. The van der Waals surface area contributed by atoms with E-state index in [2.05, 4.69) is 35.0 Å². The average molecular weight is 199 g/mol. The van der Waals surface area contributed by atoms with Gasteiger partial charge in [0.15, 0.2) is 0 Å². The van der Waals surface area contributed by atoms with Crippen LogP contribution in [0.5, 0.6) is 0 Å². The van der Waals surface area contributed by atoms with Gasteiger partial charge in [0.05, 0.1) is 0 Å². The summed E-state index contributed by atoms with van der Waals surface area (Å²) in [6, 6.07) is 1.30. The highest BCUT2D eigenvalue weighted by Crippen LogP contribution is 2.22. The Labute approximate surface area is 84.6 Å². The molecule has 1 N–H and O–H groups in total. The number of hydrogen-bond donors (Lipinski definition) is 1. The first-order valence-electron chi connectivity index (χ1n) is 5.27. The molecule has 0 aromatic heterocycles. The van der Waals surface area contributed by atoms with Crippen LogP contribution >= 0.6 is 9.24 Å². The molecule has 1 aliphatic rings. The van der Waals surface area contributed by atoms with Crippen molar-refractivity contribution in [3.8, 4) is 0 Å². The molecule has 0 bridgehead atoms. The van der Waals surface area contributed by atoms with Gasteiger partial charge in [-0.25, -0.2) is 0 Å². The highest BCUT2D eigenvalue weighted by Gasteiger charge is 2.24. The van der Waals surface area contributed by atoms with Gasteiger partial charge in [-0.05, 0) is 31.3 Å². The number of hydrogen-bond acceptors (Lipinski definition) is 1. The predicted octanol–water partition coefficient (Wildman–Crippen LogP) is 2.58. The molecule has 1 saturated heterocycles. The highest BCUT2D eigenvalue weighted by atomic mass is 31.0. The Morgan fingerprint density at radius 3 is 2.69 bits per heavy atom. The van der Waals surface area contributed by atoms with Gasteiger partial charge in [0.2, 0.25) is 0 Å². The van der Waals surface area contributed by atoms with Crippen molar-refractivity contribution < 1.29 is 0 Å². The molecule has 0 aromatic rings. The van der Waals surface area contributed by atoms with Crippen molar-refractivity contribution in [3.05, 3.63) is 12.2 Å². The second-order valence-electron chi connectivity index (χ2n) is 4.49. The molecule has 1 rings (SSSR count). The summed E-state index contributed by atoms with van der Waals surface area (Å²) < 4.78 is 0. The Hall–Kier alpha value is 0.130. The van der Waals surface area contributed by atoms with Gasteiger partial charge >= 0.3 is 0 Å². The van der Waals surface area contributed by atoms with Gasteiger partial charge in [-0.3, -0.25) is 0 Å². The fourth-order valence-electron chi connectivity index (χ4n) is 1.99. The standard InChI is InChI=1S/C11H22NP/c1-8(2)6-9(3)11-5-4-10(7-13)12-11/h8,10-12H,3-7,13H2,1-2H3. The normalized spacial score (nSPS) is 28.3. The minimum atomic E-state index is 0.591. The fourth-order valence-corrected chi connectivity index (χ4v) is 2.37. The summed E-state index contributed by atoms with van der Waals surface area (Å²) in [5.74, 6) is 0.740. The van der Waals surface area contributed by atoms with Gasteiger partial charge in [0.1, 0.15) is 0 Å². The monoisotopic (exact) mass is 199 g/mol. The van der Waals surface area contributed by atoms with Crippen LogP contribution in [0.25, 0.3) is 0 Å². The molecular weight excluding hydrogens is 177 g/mol. The van der Waals surface area contributed by atoms with E-state index in [9.17, 15) is 0 Å². The van der Waals surface area contributed by atoms with E-state index < -0.39 is 0 Å². The van der Waals surface area contributed by atoms with Gasteiger partial charge < -0.3 is 5.32 Å². The third kappa shape index (κ3) is 3.40. The van der Waals surface area contributed by atoms with E-state index in [0.29, 0.717) is 12.1 Å². The SMILES string of the molecule is C=C(CC(C)C)C1CCC(CP)N1. The Morgan fingerprint density at radius 2 is 2.23 bits per heavy atom. The molecule has 2 heteroatoms. The summed E-state index contributed by atoms with van der Waals surface area (Å²) in [5.41, 5.74) is 1.40. The molecule has 1 heterocycles. The van der Waals surface area contributed by atoms with Crippen molar-refractivity contribution in [3.63, 3.8) is 0 Å². The summed E-state index contributed by atoms with van der Waals surface area (Å²) in [7, 11) is 2.81. The summed E-state index contributed by atoms with van der Waals surface area (Å²) in [4.78, 5) is 0. The van der Waals surface area contributed by atoms with Gasteiger partial charge in [0, 0.05) is 12.1 Å². The summed E-state index contributed by atoms with van der Waals surface area (Å²) in [6.45, 7) is 8.69. The largest absolute Gasteiger partial charge is 0.307 e. The Morgan fingerprint density at radius 1 is 1.54 bits per heavy atom. The summed E-state index contributed by atoms with van der Waals surface area (Å²) >= 11 is 0. The van der Waals surface area contributed by atoms with Crippen LogP contribution in [0.4, 0.5) is 0 Å². The van der Waals surface area contributed by atoms with E-state index in [1.54, 1.807) is 0 Å². The highest BCUT2D eigenvalue weighted by molar-refractivity contribution is 7.16. The molecule has 3 unspecified atom stereocenters. The second-order valence-corrected chi connectivity index (χ2v) is 4.96. The quantitative estimate of drug-likeness (QED) is 0.542. The van der Waals surface area contributed by atoms with E-state index in [1.165, 1.54) is 31.0 Å². The Balaban J connectivity index is 2.33. The van der Waals surface area contributed by atoms with Crippen LogP contribution in [-0.2, 0) is 0 Å². The summed E-state index contributed by atoms with van der Waals surface area (Å²) in [6.07, 6.45) is 4.93. The minimum Gasteiger partial charge on any atom is -0.307 e. The molecule has 1 fully saturated rings. The zero-order valence-electron chi connectivity index (χ0n) is 8.84. The van der Waals surface area contributed by atoms with Crippen molar-refractivity contribution in [2.24, 2.45) is 5.92 Å². The zero-order chi connectivity index (χ0) is 9.84. The molecular formula is C11H22NP. The van der Waals surface area contributed by atoms with Gasteiger partial charge in [-0.15, -0.1) is 9.24 Å². The van der Waals surface area contributed by atoms with Crippen molar-refractivity contribution in [2.75, 3.05) is 6.16 Å². The Bertz CT molecular complexity index is 177. The van der Waals surface area contributed by atoms with Crippen LogP contribution in [0.3, 0.4) is 0 Å². The van der Waals surface area contributed by atoms with Gasteiger partial charge in [-0.1, -0.05) is 26.0 Å². The third-order valence-corrected chi connectivity index (χ3v) is 3.26. The van der Waals surface area contributed by atoms with Crippen molar-refractivity contribution >= 4 is 9.24 Å². The van der Waals surface area contributed by atoms with E-state index in [-0.39, 0.29) is 0 Å². The first-order valence-corrected chi connectivity index (χ1v) is 6.09. The lowest BCUT2D eigenvalue weighted by Gasteiger charge is -2.17. The number of rotatable bonds is 4. The molecule has 0 aromatic carbocycles. The molecule has 3 atom stereocenters.